The fraction of sp³-hybridized carbons (Fsp3) is 0.955. The maximum Gasteiger partial charge on any atom is 0.133 e. The van der Waals surface area contributed by atoms with Crippen LogP contribution in [0.2, 0.25) is 0 Å². The van der Waals surface area contributed by atoms with Crippen molar-refractivity contribution >= 4 is 5.78 Å². The minimum Gasteiger partial charge on any atom is -0.384 e. The first-order valence-corrected chi connectivity index (χ1v) is 10.5. The van der Waals surface area contributed by atoms with Crippen molar-refractivity contribution in [2.45, 2.75) is 71.6 Å². The number of fused-ring (bicyclic) bond motifs is 5. The smallest absolute Gasteiger partial charge is 0.133 e. The fourth-order valence-corrected chi connectivity index (χ4v) is 8.01. The topological polar surface area (TPSA) is 26.3 Å². The Kier molecular flexibility index (Phi) is 4.56. The zero-order valence-electron chi connectivity index (χ0n) is 15.9. The number of carbonyl (C=O) groups excluding carboxylic acids is 1. The van der Waals surface area contributed by atoms with Gasteiger partial charge in [0.15, 0.2) is 0 Å². The van der Waals surface area contributed by atoms with Gasteiger partial charge in [0.2, 0.25) is 0 Å². The summed E-state index contributed by atoms with van der Waals surface area (Å²) in [6.07, 6.45) is 12.3. The predicted molar refractivity (Wildman–Crippen MR) is 96.6 cm³/mol. The van der Waals surface area contributed by atoms with E-state index in [4.69, 9.17) is 4.74 Å². The summed E-state index contributed by atoms with van der Waals surface area (Å²) in [7, 11) is 1.86. The third-order valence-corrected chi connectivity index (χ3v) is 8.96. The van der Waals surface area contributed by atoms with Crippen LogP contribution < -0.4 is 0 Å². The van der Waals surface area contributed by atoms with Gasteiger partial charge in [0, 0.05) is 19.6 Å². The standard InChI is InChI=1S/C22H36O2/c1-14(23)20-8-9-21-19-7-5-16-12-15(13-24-3)4-6-17(16)18(19)10-11-22(20,21)2/h15-21H,4-13H2,1-3H3/t15-,16-,17-,18?,19?,20+,21?,22+/m0/s1. The molecular weight excluding hydrogens is 296 g/mol. The largest absolute Gasteiger partial charge is 0.384 e. The Balaban J connectivity index is 1.49. The second-order valence-electron chi connectivity index (χ2n) is 9.85. The number of rotatable bonds is 3. The zero-order valence-corrected chi connectivity index (χ0v) is 15.9. The Morgan fingerprint density at radius 3 is 2.54 bits per heavy atom. The fourth-order valence-electron chi connectivity index (χ4n) is 8.01. The molecule has 0 radical (unpaired) electrons. The quantitative estimate of drug-likeness (QED) is 0.718. The summed E-state index contributed by atoms with van der Waals surface area (Å²) in [6, 6.07) is 0. The molecule has 0 aromatic rings. The zero-order chi connectivity index (χ0) is 16.9. The molecule has 0 aromatic heterocycles. The highest BCUT2D eigenvalue weighted by Gasteiger charge is 2.57. The second kappa shape index (κ2) is 6.41. The van der Waals surface area contributed by atoms with Crippen LogP contribution >= 0.6 is 0 Å². The predicted octanol–water partition coefficient (Wildman–Crippen LogP) is 5.11. The van der Waals surface area contributed by atoms with Crippen molar-refractivity contribution in [2.24, 2.45) is 46.8 Å². The molecule has 2 nitrogen and oxygen atoms in total. The van der Waals surface area contributed by atoms with Crippen molar-refractivity contribution < 1.29 is 9.53 Å². The van der Waals surface area contributed by atoms with Gasteiger partial charge in [0.05, 0.1) is 0 Å². The molecule has 3 unspecified atom stereocenters. The van der Waals surface area contributed by atoms with Crippen molar-refractivity contribution in [2.75, 3.05) is 13.7 Å². The number of hydrogen-bond acceptors (Lipinski definition) is 2. The molecule has 24 heavy (non-hydrogen) atoms. The Bertz CT molecular complexity index is 486. The number of carbonyl (C=O) groups is 1. The number of ether oxygens (including phenoxy) is 1. The summed E-state index contributed by atoms with van der Waals surface area (Å²) in [4.78, 5) is 12.2. The molecule has 136 valence electrons. The summed E-state index contributed by atoms with van der Waals surface area (Å²) >= 11 is 0. The van der Waals surface area contributed by atoms with E-state index in [1.165, 1.54) is 57.8 Å². The van der Waals surface area contributed by atoms with Crippen LogP contribution in [0, 0.1) is 46.8 Å². The average molecular weight is 333 g/mol. The Labute approximate surface area is 148 Å². The molecule has 4 fully saturated rings. The maximum atomic E-state index is 12.2. The van der Waals surface area contributed by atoms with Gasteiger partial charge in [-0.25, -0.2) is 0 Å². The Hall–Kier alpha value is -0.370. The van der Waals surface area contributed by atoms with E-state index < -0.39 is 0 Å². The van der Waals surface area contributed by atoms with E-state index >= 15 is 0 Å². The van der Waals surface area contributed by atoms with Gasteiger partial charge in [-0.15, -0.1) is 0 Å². The number of ketones is 1. The highest BCUT2D eigenvalue weighted by atomic mass is 16.5. The SMILES string of the molecule is COC[C@H]1CC[C@@H]2C3CC[C@@]4(C)C(CC[C@@H]4C(C)=O)C3CC[C@H]2C1. The van der Waals surface area contributed by atoms with Gasteiger partial charge >= 0.3 is 0 Å². The summed E-state index contributed by atoms with van der Waals surface area (Å²) in [5, 5.41) is 0. The molecule has 0 aliphatic heterocycles. The summed E-state index contributed by atoms with van der Waals surface area (Å²) in [5.41, 5.74) is 0.326. The van der Waals surface area contributed by atoms with Crippen LogP contribution in [0.4, 0.5) is 0 Å². The molecule has 4 aliphatic carbocycles. The van der Waals surface area contributed by atoms with E-state index in [9.17, 15) is 4.79 Å². The van der Waals surface area contributed by atoms with Crippen molar-refractivity contribution in [1.29, 1.82) is 0 Å². The highest BCUT2D eigenvalue weighted by molar-refractivity contribution is 5.79. The van der Waals surface area contributed by atoms with Gasteiger partial charge in [-0.3, -0.25) is 4.79 Å². The second-order valence-corrected chi connectivity index (χ2v) is 9.85. The van der Waals surface area contributed by atoms with Crippen molar-refractivity contribution in [3.8, 4) is 0 Å². The minimum atomic E-state index is 0.326. The molecule has 0 spiro atoms. The number of hydrogen-bond donors (Lipinski definition) is 0. The average Bonchev–Trinajstić information content (AvgIpc) is 2.92. The molecular formula is C22H36O2. The first-order chi connectivity index (χ1) is 11.5. The van der Waals surface area contributed by atoms with Crippen LogP contribution in [0.3, 0.4) is 0 Å². The molecule has 8 atom stereocenters. The van der Waals surface area contributed by atoms with Crippen LogP contribution in [0.5, 0.6) is 0 Å². The molecule has 0 amide bonds. The van der Waals surface area contributed by atoms with E-state index in [2.05, 4.69) is 6.92 Å². The molecule has 0 saturated heterocycles. The summed E-state index contributed by atoms with van der Waals surface area (Å²) in [6.45, 7) is 5.28. The van der Waals surface area contributed by atoms with Gasteiger partial charge in [0.25, 0.3) is 0 Å². The molecule has 0 N–H and O–H groups in total. The highest BCUT2D eigenvalue weighted by Crippen LogP contribution is 2.64. The first kappa shape index (κ1) is 17.1. The van der Waals surface area contributed by atoms with Crippen LogP contribution in [0.1, 0.15) is 71.6 Å². The molecule has 4 saturated carbocycles. The Morgan fingerprint density at radius 1 is 1.00 bits per heavy atom. The summed E-state index contributed by atoms with van der Waals surface area (Å²) in [5.74, 6) is 6.32. The lowest BCUT2D eigenvalue weighted by Gasteiger charge is -2.56. The molecule has 2 heteroatoms. The van der Waals surface area contributed by atoms with Crippen LogP contribution in [-0.2, 0) is 9.53 Å². The van der Waals surface area contributed by atoms with E-state index in [1.54, 1.807) is 0 Å². The van der Waals surface area contributed by atoms with Crippen LogP contribution in [0.15, 0.2) is 0 Å². The third-order valence-electron chi connectivity index (χ3n) is 8.96. The normalized spacial score (nSPS) is 50.7. The van der Waals surface area contributed by atoms with Crippen molar-refractivity contribution in [3.63, 3.8) is 0 Å². The number of methoxy groups -OCH3 is 1. The van der Waals surface area contributed by atoms with Gasteiger partial charge in [-0.2, -0.15) is 0 Å². The monoisotopic (exact) mass is 332 g/mol. The molecule has 4 rings (SSSR count). The van der Waals surface area contributed by atoms with Crippen LogP contribution in [-0.4, -0.2) is 19.5 Å². The minimum absolute atomic E-state index is 0.326. The van der Waals surface area contributed by atoms with Gasteiger partial charge < -0.3 is 4.74 Å². The van der Waals surface area contributed by atoms with Gasteiger partial charge in [0.1, 0.15) is 5.78 Å². The van der Waals surface area contributed by atoms with E-state index in [-0.39, 0.29) is 0 Å². The van der Waals surface area contributed by atoms with Crippen LogP contribution in [0.25, 0.3) is 0 Å². The molecule has 4 aliphatic rings. The van der Waals surface area contributed by atoms with E-state index in [1.807, 2.05) is 14.0 Å². The lowest BCUT2D eigenvalue weighted by Crippen LogP contribution is -2.49. The molecule has 0 bridgehead atoms. The summed E-state index contributed by atoms with van der Waals surface area (Å²) < 4.78 is 5.44. The maximum absolute atomic E-state index is 12.2. The van der Waals surface area contributed by atoms with Crippen molar-refractivity contribution in [3.05, 3.63) is 0 Å². The number of Topliss-reactive ketones (excluding diaryl/α,β-unsaturated/α-hetero) is 1. The lowest BCUT2D eigenvalue weighted by molar-refractivity contribution is -0.128. The van der Waals surface area contributed by atoms with Gasteiger partial charge in [-0.1, -0.05) is 6.92 Å². The van der Waals surface area contributed by atoms with E-state index in [0.717, 1.165) is 42.1 Å². The third kappa shape index (κ3) is 2.59. The Morgan fingerprint density at radius 2 is 1.79 bits per heavy atom. The lowest BCUT2D eigenvalue weighted by atomic mass is 9.49. The molecule has 0 aromatic carbocycles. The van der Waals surface area contributed by atoms with Gasteiger partial charge in [-0.05, 0) is 106 Å². The first-order valence-electron chi connectivity index (χ1n) is 10.5. The van der Waals surface area contributed by atoms with E-state index in [0.29, 0.717) is 17.1 Å². The van der Waals surface area contributed by atoms with Crippen molar-refractivity contribution in [1.82, 2.24) is 0 Å². The molecule has 0 heterocycles.